The Morgan fingerprint density at radius 2 is 1.89 bits per heavy atom. The fourth-order valence-corrected chi connectivity index (χ4v) is 2.86. The minimum absolute atomic E-state index is 0.172. The largest absolute Gasteiger partial charge is 0.466 e. The summed E-state index contributed by atoms with van der Waals surface area (Å²) in [7, 11) is 1.29. The van der Waals surface area contributed by atoms with Crippen LogP contribution in [0.15, 0.2) is 51.7 Å². The van der Waals surface area contributed by atoms with Gasteiger partial charge in [-0.25, -0.2) is 9.59 Å². The van der Waals surface area contributed by atoms with Gasteiger partial charge in [0.2, 0.25) is 0 Å². The van der Waals surface area contributed by atoms with Crippen molar-refractivity contribution in [3.05, 3.63) is 69.7 Å². The number of hydrogen-bond acceptors (Lipinski definition) is 6. The summed E-state index contributed by atoms with van der Waals surface area (Å²) < 4.78 is 16.4. The van der Waals surface area contributed by atoms with E-state index >= 15 is 0 Å². The number of benzene rings is 2. The summed E-state index contributed by atoms with van der Waals surface area (Å²) in [4.78, 5) is 35.5. The summed E-state index contributed by atoms with van der Waals surface area (Å²) >= 11 is 0. The summed E-state index contributed by atoms with van der Waals surface area (Å²) in [5, 5.41) is 0. The molecule has 7 nitrogen and oxygen atoms in total. The maximum Gasteiger partial charge on any atom is 0.420 e. The molecule has 0 atom stereocenters. The second kappa shape index (κ2) is 7.90. The van der Waals surface area contributed by atoms with Gasteiger partial charge < -0.3 is 13.9 Å². The number of rotatable bonds is 6. The van der Waals surface area contributed by atoms with Crippen molar-refractivity contribution in [2.24, 2.45) is 0 Å². The van der Waals surface area contributed by atoms with Crippen molar-refractivity contribution < 1.29 is 23.5 Å². The van der Waals surface area contributed by atoms with Gasteiger partial charge in [0.1, 0.15) is 0 Å². The van der Waals surface area contributed by atoms with Gasteiger partial charge in [-0.15, -0.1) is 0 Å². The Kier molecular flexibility index (Phi) is 5.40. The predicted octanol–water partition coefficient (Wildman–Crippen LogP) is 2.54. The molecule has 0 aliphatic carbocycles. The summed E-state index contributed by atoms with van der Waals surface area (Å²) in [6, 6.07) is 12.1. The number of carbonyl (C=O) groups excluding carboxylic acids is 2. The highest BCUT2D eigenvalue weighted by atomic mass is 16.5. The molecule has 0 N–H and O–H groups in total. The van der Waals surface area contributed by atoms with E-state index in [0.717, 1.165) is 11.1 Å². The summed E-state index contributed by atoms with van der Waals surface area (Å²) in [6.45, 7) is 2.37. The number of nitrogens with zero attached hydrogens (tertiary/aromatic N) is 1. The van der Waals surface area contributed by atoms with E-state index in [-0.39, 0.29) is 18.9 Å². The number of esters is 2. The van der Waals surface area contributed by atoms with Gasteiger partial charge in [0, 0.05) is 0 Å². The van der Waals surface area contributed by atoms with E-state index in [1.54, 1.807) is 19.1 Å². The van der Waals surface area contributed by atoms with Crippen LogP contribution in [-0.2, 0) is 27.2 Å². The van der Waals surface area contributed by atoms with Crippen LogP contribution < -0.4 is 5.76 Å². The van der Waals surface area contributed by atoms with Gasteiger partial charge >= 0.3 is 17.7 Å². The fourth-order valence-electron chi connectivity index (χ4n) is 2.86. The molecule has 0 amide bonds. The lowest BCUT2D eigenvalue weighted by molar-refractivity contribution is -0.142. The first kappa shape index (κ1) is 18.4. The van der Waals surface area contributed by atoms with E-state index in [1.165, 1.54) is 17.7 Å². The molecule has 7 heteroatoms. The monoisotopic (exact) mass is 369 g/mol. The normalized spacial score (nSPS) is 10.7. The zero-order valence-electron chi connectivity index (χ0n) is 15.1. The van der Waals surface area contributed by atoms with Gasteiger partial charge in [0.05, 0.1) is 37.8 Å². The minimum Gasteiger partial charge on any atom is -0.466 e. The van der Waals surface area contributed by atoms with Crippen LogP contribution in [0.1, 0.15) is 28.4 Å². The molecule has 0 aliphatic rings. The molecule has 1 heterocycles. The highest BCUT2D eigenvalue weighted by molar-refractivity contribution is 5.93. The first-order valence-corrected chi connectivity index (χ1v) is 8.47. The van der Waals surface area contributed by atoms with Crippen molar-refractivity contribution in [2.75, 3.05) is 13.7 Å². The van der Waals surface area contributed by atoms with Crippen LogP contribution in [0.2, 0.25) is 0 Å². The molecule has 0 unspecified atom stereocenters. The Morgan fingerprint density at radius 3 is 2.63 bits per heavy atom. The highest BCUT2D eigenvalue weighted by Gasteiger charge is 2.14. The molecular weight excluding hydrogens is 350 g/mol. The lowest BCUT2D eigenvalue weighted by atomic mass is 10.1. The van der Waals surface area contributed by atoms with Crippen LogP contribution in [0.5, 0.6) is 0 Å². The number of carbonyl (C=O) groups is 2. The Balaban J connectivity index is 1.88. The van der Waals surface area contributed by atoms with Crippen molar-refractivity contribution in [1.29, 1.82) is 0 Å². The number of methoxy groups -OCH3 is 1. The predicted molar refractivity (Wildman–Crippen MR) is 97.7 cm³/mol. The van der Waals surface area contributed by atoms with Gasteiger partial charge in [0.15, 0.2) is 5.58 Å². The molecule has 27 heavy (non-hydrogen) atoms. The zero-order valence-corrected chi connectivity index (χ0v) is 15.1. The van der Waals surface area contributed by atoms with Gasteiger partial charge in [-0.3, -0.25) is 9.36 Å². The maximum atomic E-state index is 12.2. The molecule has 1 aromatic heterocycles. The first-order valence-electron chi connectivity index (χ1n) is 8.47. The Bertz CT molecular complexity index is 1050. The second-order valence-electron chi connectivity index (χ2n) is 5.93. The van der Waals surface area contributed by atoms with Gasteiger partial charge in [-0.2, -0.15) is 0 Å². The summed E-state index contributed by atoms with van der Waals surface area (Å²) in [5.74, 6) is -1.32. The van der Waals surface area contributed by atoms with E-state index in [1.807, 2.05) is 24.3 Å². The molecule has 3 aromatic rings. The third kappa shape index (κ3) is 4.08. The molecule has 140 valence electrons. The zero-order chi connectivity index (χ0) is 19.4. The quantitative estimate of drug-likeness (QED) is 0.621. The molecule has 0 saturated heterocycles. The van der Waals surface area contributed by atoms with Crippen LogP contribution in [-0.4, -0.2) is 30.2 Å². The van der Waals surface area contributed by atoms with Crippen LogP contribution in [0.25, 0.3) is 11.1 Å². The molecule has 0 fully saturated rings. The first-order chi connectivity index (χ1) is 13.0. The third-order valence-corrected chi connectivity index (χ3v) is 4.08. The minimum atomic E-state index is -0.525. The van der Waals surface area contributed by atoms with Crippen LogP contribution in [0.3, 0.4) is 0 Å². The average Bonchev–Trinajstić information content (AvgIpc) is 2.96. The van der Waals surface area contributed by atoms with Gasteiger partial charge in [-0.1, -0.05) is 24.3 Å². The molecule has 2 aromatic carbocycles. The molecule has 0 spiro atoms. The standard InChI is InChI=1S/C20H19NO6/c1-3-26-18(22)10-13-5-4-6-14(9-13)12-21-16-8-7-15(19(23)25-2)11-17(16)27-20(21)24/h4-9,11H,3,10,12H2,1-2H3. The SMILES string of the molecule is CCOC(=O)Cc1cccc(Cn2c(=O)oc3cc(C(=O)OC)ccc32)c1. The number of aromatic nitrogens is 1. The van der Waals surface area contributed by atoms with Gasteiger partial charge in [-0.05, 0) is 36.2 Å². The molecule has 0 saturated carbocycles. The van der Waals surface area contributed by atoms with E-state index < -0.39 is 11.7 Å². The Morgan fingerprint density at radius 1 is 1.11 bits per heavy atom. The molecule has 0 aliphatic heterocycles. The van der Waals surface area contributed by atoms with E-state index in [2.05, 4.69) is 4.74 Å². The Labute approximate surface area is 155 Å². The van der Waals surface area contributed by atoms with Crippen LogP contribution >= 0.6 is 0 Å². The topological polar surface area (TPSA) is 87.7 Å². The molecular formula is C20H19NO6. The van der Waals surface area contributed by atoms with E-state index in [9.17, 15) is 14.4 Å². The number of ether oxygens (including phenoxy) is 2. The number of hydrogen-bond donors (Lipinski definition) is 0. The van der Waals surface area contributed by atoms with Crippen molar-refractivity contribution in [3.63, 3.8) is 0 Å². The lowest BCUT2D eigenvalue weighted by Gasteiger charge is -2.06. The lowest BCUT2D eigenvalue weighted by Crippen LogP contribution is -2.15. The van der Waals surface area contributed by atoms with Crippen molar-refractivity contribution in [2.45, 2.75) is 19.9 Å². The van der Waals surface area contributed by atoms with Crippen LogP contribution in [0.4, 0.5) is 0 Å². The Hall–Kier alpha value is -3.35. The molecule has 0 bridgehead atoms. The fraction of sp³-hybridized carbons (Fsp3) is 0.250. The van der Waals surface area contributed by atoms with Crippen molar-refractivity contribution >= 4 is 23.0 Å². The molecule has 0 radical (unpaired) electrons. The third-order valence-electron chi connectivity index (χ3n) is 4.08. The van der Waals surface area contributed by atoms with E-state index in [0.29, 0.717) is 23.3 Å². The smallest absolute Gasteiger partial charge is 0.420 e. The van der Waals surface area contributed by atoms with Crippen LogP contribution in [0, 0.1) is 0 Å². The summed E-state index contributed by atoms with van der Waals surface area (Å²) in [6.07, 6.45) is 0.172. The number of fused-ring (bicyclic) bond motifs is 1. The average molecular weight is 369 g/mol. The highest BCUT2D eigenvalue weighted by Crippen LogP contribution is 2.17. The molecule has 3 rings (SSSR count). The van der Waals surface area contributed by atoms with E-state index in [4.69, 9.17) is 9.15 Å². The maximum absolute atomic E-state index is 12.2. The summed E-state index contributed by atoms with van der Waals surface area (Å²) in [5.41, 5.74) is 2.84. The van der Waals surface area contributed by atoms with Gasteiger partial charge in [0.25, 0.3) is 0 Å². The van der Waals surface area contributed by atoms with Crippen molar-refractivity contribution in [1.82, 2.24) is 4.57 Å². The number of oxazole rings is 1. The van der Waals surface area contributed by atoms with Crippen molar-refractivity contribution in [3.8, 4) is 0 Å². The second-order valence-corrected chi connectivity index (χ2v) is 5.93.